The van der Waals surface area contributed by atoms with E-state index in [0.717, 1.165) is 33.3 Å². The zero-order chi connectivity index (χ0) is 17.4. The molecule has 118 valence electrons. The van der Waals surface area contributed by atoms with Gasteiger partial charge in [-0.05, 0) is 72.1 Å². The molecule has 0 atom stereocenters. The van der Waals surface area contributed by atoms with Gasteiger partial charge in [0.1, 0.15) is 10.8 Å². The van der Waals surface area contributed by atoms with Crippen LogP contribution in [-0.2, 0) is 9.59 Å². The lowest BCUT2D eigenvalue weighted by Crippen LogP contribution is -2.29. The molecule has 0 heterocycles. The van der Waals surface area contributed by atoms with Gasteiger partial charge in [-0.3, -0.25) is 9.59 Å². The second kappa shape index (κ2) is 8.63. The summed E-state index contributed by atoms with van der Waals surface area (Å²) in [5.74, 6) is -1.60. The number of anilines is 2. The van der Waals surface area contributed by atoms with Crippen molar-refractivity contribution in [2.24, 2.45) is 0 Å². The maximum atomic E-state index is 11.9. The molecule has 0 aromatic heterocycles. The summed E-state index contributed by atoms with van der Waals surface area (Å²) in [4.78, 5) is 25.2. The summed E-state index contributed by atoms with van der Waals surface area (Å²) in [6.45, 7) is 0. The van der Waals surface area contributed by atoms with E-state index in [0.29, 0.717) is 11.4 Å². The molecule has 24 heavy (non-hydrogen) atoms. The van der Waals surface area contributed by atoms with Crippen LogP contribution in [0.25, 0.3) is 0 Å². The molecule has 6 nitrogen and oxygen atoms in total. The molecule has 0 unspecified atom stereocenters. The summed E-state index contributed by atoms with van der Waals surface area (Å²) in [5, 5.41) is 26.0. The summed E-state index contributed by atoms with van der Waals surface area (Å²) in [5.41, 5.74) is 0.913. The average Bonchev–Trinajstić information content (AvgIpc) is 2.59. The highest BCUT2D eigenvalue weighted by Gasteiger charge is 2.14. The van der Waals surface area contributed by atoms with Crippen LogP contribution in [0, 0.1) is 21.3 Å². The molecule has 0 fully saturated rings. The van der Waals surface area contributed by atoms with Gasteiger partial charge in [0.15, 0.2) is 0 Å². The second-order valence-corrected chi connectivity index (χ2v) is 6.06. The fourth-order valence-corrected chi connectivity index (χ4v) is 2.45. The molecule has 2 rings (SSSR count). The summed E-state index contributed by atoms with van der Waals surface area (Å²) in [7, 11) is 0. The predicted octanol–water partition coefficient (Wildman–Crippen LogP) is 3.41. The van der Waals surface area contributed by atoms with E-state index in [1.165, 1.54) is 0 Å². The number of carbonyl (C=O) groups excluding carboxylic acids is 2. The van der Waals surface area contributed by atoms with E-state index >= 15 is 0 Å². The number of amides is 2. The molecular weight excluding hydrogens is 344 g/mol. The maximum Gasteiger partial charge on any atom is 0.314 e. The third-order valence-corrected chi connectivity index (χ3v) is 3.96. The number of hydrogen-bond donors (Lipinski definition) is 2. The van der Waals surface area contributed by atoms with Crippen molar-refractivity contribution >= 4 is 46.7 Å². The molecule has 0 saturated carbocycles. The Morgan fingerprint density at radius 3 is 1.33 bits per heavy atom. The highest BCUT2D eigenvalue weighted by atomic mass is 32.2. The molecule has 8 heteroatoms. The molecule has 0 radical (unpaired) electrons. The van der Waals surface area contributed by atoms with E-state index in [2.05, 4.69) is 10.6 Å². The highest BCUT2D eigenvalue weighted by Crippen LogP contribution is 2.20. The smallest absolute Gasteiger partial charge is 0.314 e. The van der Waals surface area contributed by atoms with Crippen molar-refractivity contribution in [2.75, 3.05) is 10.6 Å². The number of nitrogens with zero attached hydrogens (tertiary/aromatic N) is 2. The second-order valence-electron chi connectivity index (χ2n) is 4.34. The largest absolute Gasteiger partial charge is 0.318 e. The Kier molecular flexibility index (Phi) is 6.26. The van der Waals surface area contributed by atoms with Crippen LogP contribution < -0.4 is 10.6 Å². The van der Waals surface area contributed by atoms with Crippen LogP contribution in [0.15, 0.2) is 58.3 Å². The molecule has 0 spiro atoms. The van der Waals surface area contributed by atoms with E-state index in [-0.39, 0.29) is 0 Å². The van der Waals surface area contributed by atoms with E-state index in [1.807, 2.05) is 10.8 Å². The van der Waals surface area contributed by atoms with Gasteiger partial charge in [0.05, 0.1) is 0 Å². The maximum absolute atomic E-state index is 11.9. The van der Waals surface area contributed by atoms with Crippen LogP contribution in [-0.4, -0.2) is 11.8 Å². The molecule has 2 N–H and O–H groups in total. The number of nitriles is 2. The first kappa shape index (κ1) is 17.4. The first-order valence-corrected chi connectivity index (χ1v) is 8.20. The summed E-state index contributed by atoms with van der Waals surface area (Å²) in [6.07, 6.45) is 0. The van der Waals surface area contributed by atoms with Gasteiger partial charge in [-0.2, -0.15) is 10.5 Å². The van der Waals surface area contributed by atoms with E-state index < -0.39 is 11.8 Å². The Bertz CT molecular complexity index is 750. The summed E-state index contributed by atoms with van der Waals surface area (Å²) in [6, 6.07) is 13.1. The van der Waals surface area contributed by atoms with Crippen molar-refractivity contribution in [1.82, 2.24) is 0 Å². The Hall–Kier alpha value is -2.94. The Balaban J connectivity index is 1.93. The van der Waals surface area contributed by atoms with Gasteiger partial charge < -0.3 is 10.6 Å². The summed E-state index contributed by atoms with van der Waals surface area (Å²) < 4.78 is 0. The number of benzene rings is 2. The SMILES string of the molecule is N#CSc1ccc(NC(=O)C(=O)Nc2ccc(SC#N)cc2)cc1. The molecule has 0 saturated heterocycles. The number of rotatable bonds is 4. The topological polar surface area (TPSA) is 106 Å². The fraction of sp³-hybridized carbons (Fsp3) is 0. The van der Waals surface area contributed by atoms with Gasteiger partial charge in [0.25, 0.3) is 0 Å². The Labute approximate surface area is 146 Å². The number of nitrogens with one attached hydrogen (secondary N) is 2. The number of thiocyanates is 2. The molecule has 2 aromatic rings. The van der Waals surface area contributed by atoms with Crippen LogP contribution in [0.3, 0.4) is 0 Å². The van der Waals surface area contributed by atoms with Crippen molar-refractivity contribution in [3.05, 3.63) is 48.5 Å². The first-order valence-electron chi connectivity index (χ1n) is 6.56. The molecule has 0 bridgehead atoms. The van der Waals surface area contributed by atoms with E-state index in [9.17, 15) is 9.59 Å². The van der Waals surface area contributed by atoms with Crippen molar-refractivity contribution in [3.8, 4) is 10.8 Å². The van der Waals surface area contributed by atoms with Gasteiger partial charge in [0, 0.05) is 21.2 Å². The predicted molar refractivity (Wildman–Crippen MR) is 93.1 cm³/mol. The van der Waals surface area contributed by atoms with Gasteiger partial charge in [-0.15, -0.1) is 0 Å². The minimum absolute atomic E-state index is 0.457. The zero-order valence-corrected chi connectivity index (χ0v) is 13.8. The lowest BCUT2D eigenvalue weighted by molar-refractivity contribution is -0.132. The first-order chi connectivity index (χ1) is 11.6. The quantitative estimate of drug-likeness (QED) is 0.495. The molecule has 2 amide bonds. The van der Waals surface area contributed by atoms with Crippen LogP contribution in [0.1, 0.15) is 0 Å². The van der Waals surface area contributed by atoms with Crippen LogP contribution in [0.2, 0.25) is 0 Å². The normalized spacial score (nSPS) is 9.42. The van der Waals surface area contributed by atoms with Gasteiger partial charge >= 0.3 is 11.8 Å². The number of thioether (sulfide) groups is 2. The monoisotopic (exact) mass is 354 g/mol. The number of hydrogen-bond acceptors (Lipinski definition) is 6. The fourth-order valence-electron chi connectivity index (χ4n) is 1.69. The van der Waals surface area contributed by atoms with Crippen LogP contribution in [0.5, 0.6) is 0 Å². The molecule has 2 aromatic carbocycles. The average molecular weight is 354 g/mol. The van der Waals surface area contributed by atoms with Crippen LogP contribution in [0.4, 0.5) is 11.4 Å². The van der Waals surface area contributed by atoms with Crippen molar-refractivity contribution in [3.63, 3.8) is 0 Å². The summed E-state index contributed by atoms with van der Waals surface area (Å²) >= 11 is 2.01. The van der Waals surface area contributed by atoms with Crippen LogP contribution >= 0.6 is 23.5 Å². The third-order valence-electron chi connectivity index (χ3n) is 2.76. The van der Waals surface area contributed by atoms with Crippen molar-refractivity contribution in [2.45, 2.75) is 9.79 Å². The highest BCUT2D eigenvalue weighted by molar-refractivity contribution is 8.04. The minimum Gasteiger partial charge on any atom is -0.318 e. The van der Waals surface area contributed by atoms with Gasteiger partial charge in [-0.25, -0.2) is 0 Å². The van der Waals surface area contributed by atoms with Gasteiger partial charge in [-0.1, -0.05) is 0 Å². The lowest BCUT2D eigenvalue weighted by Gasteiger charge is -2.07. The standard InChI is InChI=1S/C16H10N4O2S2/c17-9-23-13-5-1-11(2-6-13)19-15(21)16(22)20-12-3-7-14(8-4-12)24-10-18/h1-8H,(H,19,21)(H,20,22). The Morgan fingerprint density at radius 1 is 0.708 bits per heavy atom. The molecular formula is C16H10N4O2S2. The molecule has 0 aliphatic rings. The minimum atomic E-state index is -0.800. The zero-order valence-electron chi connectivity index (χ0n) is 12.1. The molecule has 0 aliphatic heterocycles. The van der Waals surface area contributed by atoms with E-state index in [4.69, 9.17) is 10.5 Å². The van der Waals surface area contributed by atoms with Crippen molar-refractivity contribution in [1.29, 1.82) is 10.5 Å². The van der Waals surface area contributed by atoms with Gasteiger partial charge in [0.2, 0.25) is 0 Å². The van der Waals surface area contributed by atoms with Crippen molar-refractivity contribution < 1.29 is 9.59 Å². The molecule has 0 aliphatic carbocycles. The van der Waals surface area contributed by atoms with E-state index in [1.54, 1.807) is 48.5 Å². The Morgan fingerprint density at radius 2 is 1.04 bits per heavy atom. The lowest BCUT2D eigenvalue weighted by atomic mass is 10.3. The third kappa shape index (κ3) is 5.06. The number of carbonyl (C=O) groups is 2.